The second kappa shape index (κ2) is 8.62. The van der Waals surface area contributed by atoms with Gasteiger partial charge in [0.1, 0.15) is 5.75 Å². The molecule has 0 spiro atoms. The third-order valence-electron chi connectivity index (χ3n) is 5.37. The number of halogens is 2. The van der Waals surface area contributed by atoms with Crippen molar-refractivity contribution in [2.24, 2.45) is 0 Å². The van der Waals surface area contributed by atoms with E-state index < -0.39 is 0 Å². The minimum atomic E-state index is 0.156. The molecule has 1 N–H and O–H groups in total. The van der Waals surface area contributed by atoms with Gasteiger partial charge in [-0.15, -0.1) is 0 Å². The van der Waals surface area contributed by atoms with Gasteiger partial charge >= 0.3 is 0 Å². The van der Waals surface area contributed by atoms with Crippen molar-refractivity contribution in [3.05, 3.63) is 62.0 Å². The lowest BCUT2D eigenvalue weighted by Gasteiger charge is -2.36. The first-order valence-electron chi connectivity index (χ1n) is 9.32. The number of nitrogens with one attached hydrogen (secondary N) is 1. The topological polar surface area (TPSA) is 33.7 Å². The molecule has 1 heterocycles. The fourth-order valence-corrected chi connectivity index (χ4v) is 5.53. The lowest BCUT2D eigenvalue weighted by molar-refractivity contribution is -0.0188. The first kappa shape index (κ1) is 19.4. The van der Waals surface area contributed by atoms with Gasteiger partial charge in [-0.2, -0.15) is 0 Å². The van der Waals surface area contributed by atoms with Gasteiger partial charge in [0.2, 0.25) is 0 Å². The van der Waals surface area contributed by atoms with Crippen LogP contribution in [0.2, 0.25) is 0 Å². The van der Waals surface area contributed by atoms with Gasteiger partial charge in [0.25, 0.3) is 0 Å². The molecule has 2 atom stereocenters. The fourth-order valence-electron chi connectivity index (χ4n) is 4.14. The van der Waals surface area contributed by atoms with E-state index in [1.165, 1.54) is 16.7 Å². The zero-order valence-electron chi connectivity index (χ0n) is 15.4. The second-order valence-electron chi connectivity index (χ2n) is 7.13. The Hall–Kier alpha value is -0.920. The maximum atomic E-state index is 6.48. The largest absolute Gasteiger partial charge is 0.497 e. The number of hydrogen-bond donors (Lipinski definition) is 1. The third-order valence-corrected chi connectivity index (χ3v) is 6.29. The van der Waals surface area contributed by atoms with Gasteiger partial charge in [0, 0.05) is 41.5 Å². The van der Waals surface area contributed by atoms with Crippen LogP contribution in [0.3, 0.4) is 0 Å². The van der Waals surface area contributed by atoms with Crippen LogP contribution in [0.25, 0.3) is 0 Å². The summed E-state index contributed by atoms with van der Waals surface area (Å²) < 4.78 is 14.0. The molecule has 1 aliphatic heterocycles. The highest BCUT2D eigenvalue weighted by molar-refractivity contribution is 9.11. The number of nitrogens with zero attached hydrogens (tertiary/aromatic N) is 1. The number of fused-ring (bicyclic) bond motifs is 1. The summed E-state index contributed by atoms with van der Waals surface area (Å²) in [4.78, 5) is 2.57. The van der Waals surface area contributed by atoms with E-state index in [4.69, 9.17) is 9.47 Å². The van der Waals surface area contributed by atoms with Crippen molar-refractivity contribution in [1.82, 2.24) is 10.2 Å². The van der Waals surface area contributed by atoms with E-state index in [9.17, 15) is 0 Å². The summed E-state index contributed by atoms with van der Waals surface area (Å²) in [5.74, 6) is 0.921. The Morgan fingerprint density at radius 3 is 2.52 bits per heavy atom. The molecular formula is C21H24Br2N2O2. The molecule has 0 saturated carbocycles. The standard InChI is InChI=1S/C21H24Br2N2O2/c1-26-18-2-3-19-15(10-18)11-20(21(19)25-6-4-24-5-7-25)27-13-14-8-16(22)12-17(23)9-14/h2-3,8-10,12,20-21,24H,4-7,11,13H2,1H3. The van der Waals surface area contributed by atoms with E-state index in [2.05, 4.69) is 72.4 Å². The Morgan fingerprint density at radius 2 is 1.81 bits per heavy atom. The summed E-state index contributed by atoms with van der Waals surface area (Å²) in [6, 6.07) is 13.1. The van der Waals surface area contributed by atoms with E-state index in [1.54, 1.807) is 7.11 Å². The van der Waals surface area contributed by atoms with E-state index in [-0.39, 0.29) is 6.10 Å². The van der Waals surface area contributed by atoms with Crippen LogP contribution in [0.4, 0.5) is 0 Å². The van der Waals surface area contributed by atoms with Crippen molar-refractivity contribution in [2.75, 3.05) is 33.3 Å². The molecule has 4 nitrogen and oxygen atoms in total. The summed E-state index contributed by atoms with van der Waals surface area (Å²) in [5, 5.41) is 3.45. The van der Waals surface area contributed by atoms with E-state index in [1.807, 2.05) is 6.07 Å². The lowest BCUT2D eigenvalue weighted by Crippen LogP contribution is -2.47. The van der Waals surface area contributed by atoms with Crippen LogP contribution in [0.1, 0.15) is 22.7 Å². The van der Waals surface area contributed by atoms with Crippen LogP contribution in [0.5, 0.6) is 5.75 Å². The predicted octanol–water partition coefficient (Wildman–Crippen LogP) is 4.31. The van der Waals surface area contributed by atoms with Crippen molar-refractivity contribution < 1.29 is 9.47 Å². The quantitative estimate of drug-likeness (QED) is 0.670. The van der Waals surface area contributed by atoms with Gasteiger partial charge in [-0.1, -0.05) is 37.9 Å². The van der Waals surface area contributed by atoms with Crippen LogP contribution in [0.15, 0.2) is 45.3 Å². The highest BCUT2D eigenvalue weighted by Gasteiger charge is 2.38. The van der Waals surface area contributed by atoms with Crippen LogP contribution in [0, 0.1) is 0 Å². The smallest absolute Gasteiger partial charge is 0.119 e. The van der Waals surface area contributed by atoms with Crippen molar-refractivity contribution in [1.29, 1.82) is 0 Å². The minimum Gasteiger partial charge on any atom is -0.497 e. The molecule has 27 heavy (non-hydrogen) atoms. The van der Waals surface area contributed by atoms with E-state index in [0.29, 0.717) is 12.6 Å². The van der Waals surface area contributed by atoms with Crippen molar-refractivity contribution >= 4 is 31.9 Å². The molecule has 2 aromatic carbocycles. The fraction of sp³-hybridized carbons (Fsp3) is 0.429. The molecule has 144 valence electrons. The summed E-state index contributed by atoms with van der Waals surface area (Å²) in [6.45, 7) is 4.79. The monoisotopic (exact) mass is 494 g/mol. The van der Waals surface area contributed by atoms with Gasteiger partial charge in [-0.05, 0) is 47.0 Å². The van der Waals surface area contributed by atoms with Gasteiger partial charge < -0.3 is 14.8 Å². The first-order chi connectivity index (χ1) is 13.1. The molecule has 1 saturated heterocycles. The number of piperazine rings is 1. The van der Waals surface area contributed by atoms with Crippen molar-refractivity contribution in [3.63, 3.8) is 0 Å². The average Bonchev–Trinajstić information content (AvgIpc) is 3.03. The van der Waals surface area contributed by atoms with Crippen molar-refractivity contribution in [3.8, 4) is 5.75 Å². The molecule has 6 heteroatoms. The summed E-state index contributed by atoms with van der Waals surface area (Å²) >= 11 is 7.13. The Bertz CT molecular complexity index is 789. The molecule has 0 amide bonds. The van der Waals surface area contributed by atoms with Crippen molar-refractivity contribution in [2.45, 2.75) is 25.2 Å². The van der Waals surface area contributed by atoms with Crippen LogP contribution >= 0.6 is 31.9 Å². The average molecular weight is 496 g/mol. The minimum absolute atomic E-state index is 0.156. The Morgan fingerprint density at radius 1 is 1.07 bits per heavy atom. The van der Waals surface area contributed by atoms with Crippen LogP contribution in [-0.2, 0) is 17.8 Å². The first-order valence-corrected chi connectivity index (χ1v) is 10.9. The Labute approximate surface area is 177 Å². The molecule has 2 unspecified atom stereocenters. The molecule has 4 rings (SSSR count). The molecule has 0 bridgehead atoms. The second-order valence-corrected chi connectivity index (χ2v) is 8.96. The molecular weight excluding hydrogens is 472 g/mol. The molecule has 2 aliphatic rings. The zero-order valence-corrected chi connectivity index (χ0v) is 18.6. The maximum absolute atomic E-state index is 6.48. The summed E-state index contributed by atoms with van der Waals surface area (Å²) in [5.41, 5.74) is 3.90. The summed E-state index contributed by atoms with van der Waals surface area (Å²) in [6.07, 6.45) is 1.08. The van der Waals surface area contributed by atoms with Crippen LogP contribution < -0.4 is 10.1 Å². The predicted molar refractivity (Wildman–Crippen MR) is 114 cm³/mol. The molecule has 1 aliphatic carbocycles. The molecule has 2 aromatic rings. The third kappa shape index (κ3) is 4.40. The Balaban J connectivity index is 1.56. The number of rotatable bonds is 5. The normalized spacial score (nSPS) is 22.6. The molecule has 0 radical (unpaired) electrons. The number of ether oxygens (including phenoxy) is 2. The number of benzene rings is 2. The van der Waals surface area contributed by atoms with E-state index >= 15 is 0 Å². The SMILES string of the molecule is COc1ccc2c(c1)CC(OCc1cc(Br)cc(Br)c1)C2N1CCNCC1. The number of hydrogen-bond acceptors (Lipinski definition) is 4. The highest BCUT2D eigenvalue weighted by Crippen LogP contribution is 2.40. The van der Waals surface area contributed by atoms with Gasteiger partial charge in [0.05, 0.1) is 25.9 Å². The molecule has 0 aromatic heterocycles. The zero-order chi connectivity index (χ0) is 18.8. The number of methoxy groups -OCH3 is 1. The van der Waals surface area contributed by atoms with Gasteiger partial charge in [0.15, 0.2) is 0 Å². The molecule has 1 fully saturated rings. The summed E-state index contributed by atoms with van der Waals surface area (Å²) in [7, 11) is 1.73. The lowest BCUT2D eigenvalue weighted by atomic mass is 10.0. The maximum Gasteiger partial charge on any atom is 0.119 e. The van der Waals surface area contributed by atoms with Gasteiger partial charge in [-0.25, -0.2) is 0 Å². The highest BCUT2D eigenvalue weighted by atomic mass is 79.9. The van der Waals surface area contributed by atoms with E-state index in [0.717, 1.165) is 47.3 Å². The Kier molecular flexibility index (Phi) is 6.19. The van der Waals surface area contributed by atoms with Crippen LogP contribution in [-0.4, -0.2) is 44.3 Å². The van der Waals surface area contributed by atoms with Gasteiger partial charge in [-0.3, -0.25) is 4.90 Å².